The van der Waals surface area contributed by atoms with Crippen LogP contribution in [0.1, 0.15) is 36.0 Å². The van der Waals surface area contributed by atoms with Crippen molar-refractivity contribution in [2.75, 3.05) is 38.0 Å². The van der Waals surface area contributed by atoms with Gasteiger partial charge in [-0.1, -0.05) is 12.1 Å². The predicted molar refractivity (Wildman–Crippen MR) is 135 cm³/mol. The molecule has 0 saturated heterocycles. The molecule has 4 rings (SSSR count). The molecule has 0 aliphatic heterocycles. The minimum Gasteiger partial charge on any atom is -0.490 e. The van der Waals surface area contributed by atoms with E-state index in [1.165, 1.54) is 25.3 Å². The number of nitro groups is 1. The highest BCUT2D eigenvalue weighted by Gasteiger charge is 2.23. The lowest BCUT2D eigenvalue weighted by Crippen LogP contribution is -2.34. The number of ether oxygens (including phenoxy) is 1. The van der Waals surface area contributed by atoms with Gasteiger partial charge >= 0.3 is 5.69 Å². The number of fused-ring (bicyclic) bond motifs is 1. The predicted octanol–water partition coefficient (Wildman–Crippen LogP) is 4.01. The van der Waals surface area contributed by atoms with E-state index in [2.05, 4.69) is 10.6 Å². The first-order chi connectivity index (χ1) is 16.9. The number of nitrogens with one attached hydrogen (secondary N) is 2. The summed E-state index contributed by atoms with van der Waals surface area (Å²) in [6, 6.07) is 12.4. The quantitative estimate of drug-likeness (QED) is 0.368. The normalized spacial score (nSPS) is 17.6. The van der Waals surface area contributed by atoms with Crippen LogP contribution in [0.5, 0.6) is 5.75 Å². The molecule has 0 radical (unpaired) electrons. The lowest BCUT2D eigenvalue weighted by molar-refractivity contribution is -0.385. The fourth-order valence-electron chi connectivity index (χ4n) is 4.47. The second-order valence-electron chi connectivity index (χ2n) is 9.00. The number of carbonyl (C=O) groups excluding carboxylic acids is 1. The number of aromatic nitrogens is 2. The highest BCUT2D eigenvalue weighted by Crippen LogP contribution is 2.29. The van der Waals surface area contributed by atoms with E-state index in [1.54, 1.807) is 0 Å². The number of hydrogen-bond acceptors (Lipinski definition) is 8. The van der Waals surface area contributed by atoms with Crippen LogP contribution in [0.15, 0.2) is 42.5 Å². The molecule has 184 valence electrons. The first-order valence-electron chi connectivity index (χ1n) is 11.7. The Morgan fingerprint density at radius 2 is 1.89 bits per heavy atom. The fourth-order valence-corrected chi connectivity index (χ4v) is 4.47. The Morgan fingerprint density at radius 3 is 2.57 bits per heavy atom. The molecular formula is C25H30N6O4. The van der Waals surface area contributed by atoms with E-state index < -0.39 is 4.92 Å². The lowest BCUT2D eigenvalue weighted by Gasteiger charge is -2.29. The molecule has 0 bridgehead atoms. The summed E-state index contributed by atoms with van der Waals surface area (Å²) in [6.45, 7) is 0.558. The highest BCUT2D eigenvalue weighted by molar-refractivity contribution is 5.95. The molecule has 1 saturated carbocycles. The Kier molecular flexibility index (Phi) is 7.28. The largest absolute Gasteiger partial charge is 0.490 e. The molecule has 35 heavy (non-hydrogen) atoms. The number of anilines is 2. The minimum absolute atomic E-state index is 0.0718. The van der Waals surface area contributed by atoms with E-state index in [4.69, 9.17) is 14.7 Å². The van der Waals surface area contributed by atoms with Gasteiger partial charge in [-0.2, -0.15) is 4.98 Å². The van der Waals surface area contributed by atoms with Gasteiger partial charge in [0.1, 0.15) is 5.82 Å². The molecule has 3 aromatic rings. The van der Waals surface area contributed by atoms with Gasteiger partial charge in [0.25, 0.3) is 5.91 Å². The highest BCUT2D eigenvalue weighted by atomic mass is 16.6. The third-order valence-electron chi connectivity index (χ3n) is 6.38. The van der Waals surface area contributed by atoms with Crippen molar-refractivity contribution in [1.29, 1.82) is 0 Å². The van der Waals surface area contributed by atoms with Gasteiger partial charge in [-0.05, 0) is 49.8 Å². The van der Waals surface area contributed by atoms with Crippen LogP contribution in [0.3, 0.4) is 0 Å². The number of hydrogen-bond donors (Lipinski definition) is 2. The van der Waals surface area contributed by atoms with E-state index in [0.717, 1.165) is 42.4 Å². The minimum atomic E-state index is -0.530. The van der Waals surface area contributed by atoms with Crippen molar-refractivity contribution in [3.05, 3.63) is 58.1 Å². The van der Waals surface area contributed by atoms with Crippen LogP contribution >= 0.6 is 0 Å². The Morgan fingerprint density at radius 1 is 1.14 bits per heavy atom. The zero-order valence-electron chi connectivity index (χ0n) is 20.2. The number of rotatable bonds is 8. The Bertz CT molecular complexity index is 1220. The van der Waals surface area contributed by atoms with Crippen LogP contribution in [-0.2, 0) is 0 Å². The average molecular weight is 479 g/mol. The van der Waals surface area contributed by atoms with Crippen molar-refractivity contribution in [3.8, 4) is 5.75 Å². The zero-order chi connectivity index (χ0) is 24.9. The van der Waals surface area contributed by atoms with Crippen molar-refractivity contribution in [2.24, 2.45) is 5.92 Å². The number of nitro benzene ring substituents is 1. The molecule has 0 atom stereocenters. The van der Waals surface area contributed by atoms with E-state index >= 15 is 0 Å². The van der Waals surface area contributed by atoms with Gasteiger partial charge in [0.2, 0.25) is 5.95 Å². The fraction of sp³-hybridized carbons (Fsp3) is 0.400. The second-order valence-corrected chi connectivity index (χ2v) is 9.00. The van der Waals surface area contributed by atoms with Crippen LogP contribution < -0.4 is 20.3 Å². The summed E-state index contributed by atoms with van der Waals surface area (Å²) >= 11 is 0. The topological polar surface area (TPSA) is 123 Å². The van der Waals surface area contributed by atoms with Crippen LogP contribution in [0.25, 0.3) is 10.9 Å². The third-order valence-corrected chi connectivity index (χ3v) is 6.38. The third kappa shape index (κ3) is 5.59. The SMILES string of the molecule is COc1cc(C(=O)NCC2CCC(Nc3nc(N(C)C)c4ccccc4n3)CC2)ccc1[N+](=O)[O-]. The monoisotopic (exact) mass is 478 g/mol. The van der Waals surface area contributed by atoms with E-state index in [-0.39, 0.29) is 23.4 Å². The van der Waals surface area contributed by atoms with E-state index in [9.17, 15) is 14.9 Å². The Hall–Kier alpha value is -3.95. The van der Waals surface area contributed by atoms with Gasteiger partial charge in [0.15, 0.2) is 5.75 Å². The van der Waals surface area contributed by atoms with Crippen LogP contribution in [0, 0.1) is 16.0 Å². The van der Waals surface area contributed by atoms with Crippen molar-refractivity contribution in [3.63, 3.8) is 0 Å². The van der Waals surface area contributed by atoms with Crippen molar-refractivity contribution < 1.29 is 14.5 Å². The van der Waals surface area contributed by atoms with Crippen molar-refractivity contribution in [2.45, 2.75) is 31.7 Å². The molecule has 1 aliphatic rings. The molecule has 1 aromatic heterocycles. The van der Waals surface area contributed by atoms with Crippen LogP contribution in [0.2, 0.25) is 0 Å². The standard InChI is InChI=1S/C25H30N6O4/c1-30(2)23-19-6-4-5-7-20(19)28-25(29-23)27-18-11-8-16(9-12-18)15-26-24(32)17-10-13-21(31(33)34)22(14-17)35-3/h4-7,10,13-14,16,18H,8-9,11-12,15H2,1-3H3,(H,26,32)(H,27,28,29). The Labute approximate surface area is 203 Å². The molecule has 10 heteroatoms. The summed E-state index contributed by atoms with van der Waals surface area (Å²) in [7, 11) is 5.30. The van der Waals surface area contributed by atoms with Crippen LogP contribution in [-0.4, -0.2) is 54.6 Å². The van der Waals surface area contributed by atoms with Gasteiger partial charge in [-0.15, -0.1) is 0 Å². The summed E-state index contributed by atoms with van der Waals surface area (Å²) in [4.78, 5) is 34.5. The molecule has 0 spiro atoms. The molecule has 0 unspecified atom stereocenters. The first kappa shape index (κ1) is 24.2. The Balaban J connectivity index is 1.31. The van der Waals surface area contributed by atoms with E-state index in [0.29, 0.717) is 24.0 Å². The lowest BCUT2D eigenvalue weighted by atomic mass is 9.86. The maximum Gasteiger partial charge on any atom is 0.310 e. The van der Waals surface area contributed by atoms with Gasteiger partial charge < -0.3 is 20.3 Å². The summed E-state index contributed by atoms with van der Waals surface area (Å²) in [5.41, 5.74) is 1.09. The average Bonchev–Trinajstić information content (AvgIpc) is 2.87. The molecule has 1 amide bonds. The number of methoxy groups -OCH3 is 1. The first-order valence-corrected chi connectivity index (χ1v) is 11.7. The van der Waals surface area contributed by atoms with Crippen LogP contribution in [0.4, 0.5) is 17.5 Å². The molecule has 1 fully saturated rings. The van der Waals surface area contributed by atoms with Gasteiger partial charge in [0, 0.05) is 49.8 Å². The summed E-state index contributed by atoms with van der Waals surface area (Å²) in [5, 5.41) is 18.5. The number of nitrogens with zero attached hydrogens (tertiary/aromatic N) is 4. The number of amides is 1. The second kappa shape index (κ2) is 10.5. The molecular weight excluding hydrogens is 448 g/mol. The molecule has 10 nitrogen and oxygen atoms in total. The van der Waals surface area contributed by atoms with E-state index in [1.807, 2.05) is 43.3 Å². The summed E-state index contributed by atoms with van der Waals surface area (Å²) in [6.07, 6.45) is 3.85. The number of benzene rings is 2. The van der Waals surface area contributed by atoms with Gasteiger partial charge in [0.05, 0.1) is 17.5 Å². The molecule has 1 heterocycles. The van der Waals surface area contributed by atoms with Crippen molar-refractivity contribution in [1.82, 2.24) is 15.3 Å². The summed E-state index contributed by atoms with van der Waals surface area (Å²) in [5.74, 6) is 1.70. The molecule has 2 aromatic carbocycles. The number of para-hydroxylation sites is 1. The molecule has 2 N–H and O–H groups in total. The smallest absolute Gasteiger partial charge is 0.310 e. The maximum absolute atomic E-state index is 12.6. The molecule has 1 aliphatic carbocycles. The van der Waals surface area contributed by atoms with Gasteiger partial charge in [-0.25, -0.2) is 4.98 Å². The summed E-state index contributed by atoms with van der Waals surface area (Å²) < 4.78 is 5.06. The maximum atomic E-state index is 12.6. The van der Waals surface area contributed by atoms with Gasteiger partial charge in [-0.3, -0.25) is 14.9 Å². The number of carbonyl (C=O) groups is 1. The van der Waals surface area contributed by atoms with Crippen molar-refractivity contribution >= 4 is 34.3 Å². The zero-order valence-corrected chi connectivity index (χ0v) is 20.2.